The molecule has 1 aliphatic carbocycles. The van der Waals surface area contributed by atoms with E-state index in [1.165, 1.54) is 25.0 Å². The Kier molecular flexibility index (Phi) is 4.98. The van der Waals surface area contributed by atoms with Crippen molar-refractivity contribution in [3.05, 3.63) is 0 Å². The summed E-state index contributed by atoms with van der Waals surface area (Å²) in [6, 6.07) is 1.39. The lowest BCUT2D eigenvalue weighted by Gasteiger charge is -2.31. The van der Waals surface area contributed by atoms with Gasteiger partial charge in [0.05, 0.1) is 0 Å². The molecule has 1 saturated carbocycles. The first-order chi connectivity index (χ1) is 6.93. The van der Waals surface area contributed by atoms with Crippen LogP contribution in [0.4, 0.5) is 0 Å². The summed E-state index contributed by atoms with van der Waals surface area (Å²) in [5.74, 6) is 1.27. The summed E-state index contributed by atoms with van der Waals surface area (Å²) in [6.07, 6.45) is 4.16. The molecule has 0 radical (unpaired) electrons. The molecule has 1 N–H and O–H groups in total. The number of hydrogen-bond donors (Lipinski definition) is 1. The smallest absolute Gasteiger partial charge is 0.00898 e. The van der Waals surface area contributed by atoms with Gasteiger partial charge in [-0.3, -0.25) is 0 Å². The summed E-state index contributed by atoms with van der Waals surface area (Å²) >= 11 is 2.14. The van der Waals surface area contributed by atoms with E-state index in [-0.39, 0.29) is 0 Å². The van der Waals surface area contributed by atoms with Crippen molar-refractivity contribution in [2.45, 2.75) is 71.2 Å². The second-order valence-corrected chi connectivity index (χ2v) is 7.42. The summed E-state index contributed by atoms with van der Waals surface area (Å²) in [6.45, 7) is 11.5. The zero-order valence-electron chi connectivity index (χ0n) is 11.0. The molecule has 3 unspecified atom stereocenters. The number of nitrogens with one attached hydrogen (secondary N) is 1. The molecular formula is C13H27NS. The predicted molar refractivity (Wildman–Crippen MR) is 71.6 cm³/mol. The van der Waals surface area contributed by atoms with Gasteiger partial charge in [-0.25, -0.2) is 0 Å². The molecule has 2 heteroatoms. The van der Waals surface area contributed by atoms with Crippen LogP contribution in [0.5, 0.6) is 0 Å². The van der Waals surface area contributed by atoms with Gasteiger partial charge >= 0.3 is 0 Å². The van der Waals surface area contributed by atoms with Crippen LogP contribution in [0.25, 0.3) is 0 Å². The van der Waals surface area contributed by atoms with Crippen molar-refractivity contribution < 1.29 is 0 Å². The molecule has 1 fully saturated rings. The van der Waals surface area contributed by atoms with E-state index >= 15 is 0 Å². The third kappa shape index (κ3) is 4.36. The van der Waals surface area contributed by atoms with E-state index in [0.29, 0.717) is 11.5 Å². The van der Waals surface area contributed by atoms with Gasteiger partial charge < -0.3 is 5.32 Å². The lowest BCUT2D eigenvalue weighted by atomic mass is 9.87. The van der Waals surface area contributed by atoms with Crippen LogP contribution < -0.4 is 5.32 Å². The fraction of sp³-hybridized carbons (Fsp3) is 1.00. The zero-order chi connectivity index (χ0) is 11.5. The van der Waals surface area contributed by atoms with Crippen LogP contribution in [-0.2, 0) is 0 Å². The molecule has 0 aromatic heterocycles. The van der Waals surface area contributed by atoms with Crippen molar-refractivity contribution in [1.82, 2.24) is 5.32 Å². The topological polar surface area (TPSA) is 12.0 Å². The first-order valence-corrected chi connectivity index (χ1v) is 7.36. The molecular weight excluding hydrogens is 202 g/mol. The average Bonchev–Trinajstić information content (AvgIpc) is 2.51. The van der Waals surface area contributed by atoms with E-state index < -0.39 is 0 Å². The van der Waals surface area contributed by atoms with Crippen LogP contribution >= 0.6 is 11.8 Å². The highest BCUT2D eigenvalue weighted by Crippen LogP contribution is 2.31. The van der Waals surface area contributed by atoms with Crippen molar-refractivity contribution >= 4 is 11.8 Å². The predicted octanol–water partition coefficient (Wildman–Crippen LogP) is 3.68. The summed E-state index contributed by atoms with van der Waals surface area (Å²) in [5, 5.41) is 4.71. The molecule has 0 bridgehead atoms. The first-order valence-electron chi connectivity index (χ1n) is 6.31. The van der Waals surface area contributed by atoms with Crippen LogP contribution in [0, 0.1) is 5.41 Å². The summed E-state index contributed by atoms with van der Waals surface area (Å²) in [5.41, 5.74) is 0.385. The SMILES string of the molecule is CCSC1CCC(NC(C)C(C)(C)C)C1. The van der Waals surface area contributed by atoms with Gasteiger partial charge in [-0.2, -0.15) is 11.8 Å². The fourth-order valence-electron chi connectivity index (χ4n) is 2.08. The van der Waals surface area contributed by atoms with Crippen LogP contribution in [0.1, 0.15) is 53.9 Å². The number of hydrogen-bond acceptors (Lipinski definition) is 2. The third-order valence-corrected chi connectivity index (χ3v) is 4.80. The maximum Gasteiger partial charge on any atom is 0.00898 e. The Morgan fingerprint density at radius 2 is 2.00 bits per heavy atom. The van der Waals surface area contributed by atoms with Crippen LogP contribution in [0.2, 0.25) is 0 Å². The largest absolute Gasteiger partial charge is 0.311 e. The van der Waals surface area contributed by atoms with Crippen molar-refractivity contribution in [3.8, 4) is 0 Å². The van der Waals surface area contributed by atoms with Gasteiger partial charge in [-0.1, -0.05) is 27.7 Å². The molecule has 1 aliphatic rings. The lowest BCUT2D eigenvalue weighted by molar-refractivity contribution is 0.263. The molecule has 0 aromatic carbocycles. The van der Waals surface area contributed by atoms with Gasteiger partial charge in [-0.05, 0) is 37.4 Å². The van der Waals surface area contributed by atoms with Gasteiger partial charge in [0.1, 0.15) is 0 Å². The van der Waals surface area contributed by atoms with E-state index in [0.717, 1.165) is 11.3 Å². The standard InChI is InChI=1S/C13H27NS/c1-6-15-12-8-7-11(9-12)14-10(2)13(3,4)5/h10-12,14H,6-9H2,1-5H3. The van der Waals surface area contributed by atoms with Crippen LogP contribution in [0.15, 0.2) is 0 Å². The molecule has 0 amide bonds. The van der Waals surface area contributed by atoms with Crippen molar-refractivity contribution in [1.29, 1.82) is 0 Å². The van der Waals surface area contributed by atoms with E-state index in [2.05, 4.69) is 51.7 Å². The van der Waals surface area contributed by atoms with E-state index in [1.54, 1.807) is 0 Å². The highest BCUT2D eigenvalue weighted by atomic mass is 32.2. The Morgan fingerprint density at radius 3 is 2.53 bits per heavy atom. The molecule has 3 atom stereocenters. The molecule has 0 aromatic rings. The number of rotatable bonds is 4. The fourth-order valence-corrected chi connectivity index (χ4v) is 3.22. The van der Waals surface area contributed by atoms with Gasteiger partial charge in [0.2, 0.25) is 0 Å². The molecule has 15 heavy (non-hydrogen) atoms. The normalized spacial score (nSPS) is 29.4. The Bertz CT molecular complexity index is 185. The highest BCUT2D eigenvalue weighted by Gasteiger charge is 2.28. The molecule has 1 nitrogen and oxygen atoms in total. The monoisotopic (exact) mass is 229 g/mol. The van der Waals surface area contributed by atoms with Crippen molar-refractivity contribution in [2.75, 3.05) is 5.75 Å². The second kappa shape index (κ2) is 5.58. The Labute approximate surface area is 99.8 Å². The first kappa shape index (κ1) is 13.4. The second-order valence-electron chi connectivity index (χ2n) is 5.84. The van der Waals surface area contributed by atoms with Gasteiger partial charge in [-0.15, -0.1) is 0 Å². The Hall–Kier alpha value is 0.310. The minimum Gasteiger partial charge on any atom is -0.311 e. The van der Waals surface area contributed by atoms with Crippen LogP contribution in [-0.4, -0.2) is 23.1 Å². The Balaban J connectivity index is 2.30. The molecule has 1 rings (SSSR count). The van der Waals surface area contributed by atoms with E-state index in [9.17, 15) is 0 Å². The minimum atomic E-state index is 0.385. The summed E-state index contributed by atoms with van der Waals surface area (Å²) in [7, 11) is 0. The van der Waals surface area contributed by atoms with Gasteiger partial charge in [0.25, 0.3) is 0 Å². The summed E-state index contributed by atoms with van der Waals surface area (Å²) in [4.78, 5) is 0. The molecule has 0 saturated heterocycles. The number of thioether (sulfide) groups is 1. The molecule has 90 valence electrons. The Morgan fingerprint density at radius 1 is 1.33 bits per heavy atom. The lowest BCUT2D eigenvalue weighted by Crippen LogP contribution is -2.42. The molecule has 0 aliphatic heterocycles. The average molecular weight is 229 g/mol. The van der Waals surface area contributed by atoms with Gasteiger partial charge in [0.15, 0.2) is 0 Å². The third-order valence-electron chi connectivity index (χ3n) is 3.57. The maximum atomic E-state index is 3.79. The quantitative estimate of drug-likeness (QED) is 0.789. The minimum absolute atomic E-state index is 0.385. The van der Waals surface area contributed by atoms with Crippen molar-refractivity contribution in [3.63, 3.8) is 0 Å². The highest BCUT2D eigenvalue weighted by molar-refractivity contribution is 7.99. The maximum absolute atomic E-state index is 3.79. The van der Waals surface area contributed by atoms with Crippen molar-refractivity contribution in [2.24, 2.45) is 5.41 Å². The van der Waals surface area contributed by atoms with Crippen LogP contribution in [0.3, 0.4) is 0 Å². The molecule has 0 heterocycles. The van der Waals surface area contributed by atoms with E-state index in [4.69, 9.17) is 0 Å². The van der Waals surface area contributed by atoms with E-state index in [1.807, 2.05) is 0 Å². The molecule has 0 spiro atoms. The zero-order valence-corrected chi connectivity index (χ0v) is 11.8. The summed E-state index contributed by atoms with van der Waals surface area (Å²) < 4.78 is 0. The van der Waals surface area contributed by atoms with Gasteiger partial charge in [0, 0.05) is 17.3 Å².